The second kappa shape index (κ2) is 9.38. The van der Waals surface area contributed by atoms with Gasteiger partial charge in [0.05, 0.1) is 30.1 Å². The minimum absolute atomic E-state index is 0.178. The van der Waals surface area contributed by atoms with Crippen LogP contribution in [0.3, 0.4) is 0 Å². The van der Waals surface area contributed by atoms with Gasteiger partial charge in [0.1, 0.15) is 11.5 Å². The Labute approximate surface area is 168 Å². The van der Waals surface area contributed by atoms with E-state index in [9.17, 15) is 9.59 Å². The van der Waals surface area contributed by atoms with Crippen molar-refractivity contribution in [2.45, 2.75) is 13.8 Å². The number of carbonyl (C=O) groups excluding carboxylic acids is 2. The molecule has 2 rings (SSSR count). The van der Waals surface area contributed by atoms with Gasteiger partial charge in [-0.15, -0.1) is 0 Å². The molecule has 0 unspecified atom stereocenters. The number of anilines is 3. The van der Waals surface area contributed by atoms with E-state index in [1.165, 1.54) is 14.0 Å². The molecule has 3 amide bonds. The zero-order valence-corrected chi connectivity index (χ0v) is 16.7. The summed E-state index contributed by atoms with van der Waals surface area (Å²) in [4.78, 5) is 23.6. The molecule has 9 heteroatoms. The molecule has 0 saturated heterocycles. The number of hydrogen-bond donors (Lipinski definition) is 3. The van der Waals surface area contributed by atoms with Gasteiger partial charge in [-0.3, -0.25) is 4.79 Å². The molecular weight excluding hydrogens is 390 g/mol. The summed E-state index contributed by atoms with van der Waals surface area (Å²) in [5.41, 5.74) is 1.53. The Morgan fingerprint density at radius 3 is 2.37 bits per heavy atom. The Morgan fingerprint density at radius 2 is 1.81 bits per heavy atom. The van der Waals surface area contributed by atoms with Gasteiger partial charge >= 0.3 is 6.03 Å². The monoisotopic (exact) mass is 409 g/mol. The zero-order chi connectivity index (χ0) is 20.0. The van der Waals surface area contributed by atoms with Crippen LogP contribution in [0.4, 0.5) is 21.9 Å². The first kappa shape index (κ1) is 20.7. The van der Waals surface area contributed by atoms with Gasteiger partial charge in [0, 0.05) is 18.7 Å². The van der Waals surface area contributed by atoms with Crippen LogP contribution in [0, 0.1) is 0 Å². The van der Waals surface area contributed by atoms with Gasteiger partial charge in [-0.2, -0.15) is 0 Å². The van der Waals surface area contributed by atoms with Crippen molar-refractivity contribution < 1.29 is 19.1 Å². The van der Waals surface area contributed by atoms with Crippen molar-refractivity contribution in [2.75, 3.05) is 28.7 Å². The van der Waals surface area contributed by atoms with Gasteiger partial charge in [-0.25, -0.2) is 9.10 Å². The van der Waals surface area contributed by atoms with E-state index in [0.717, 1.165) is 4.31 Å². The van der Waals surface area contributed by atoms with E-state index < -0.39 is 6.03 Å². The van der Waals surface area contributed by atoms with Crippen molar-refractivity contribution in [3.05, 3.63) is 41.4 Å². The zero-order valence-electron chi connectivity index (χ0n) is 15.1. The fourth-order valence-electron chi connectivity index (χ4n) is 2.24. The number of ether oxygens (including phenoxy) is 2. The smallest absolute Gasteiger partial charge is 0.336 e. The van der Waals surface area contributed by atoms with E-state index in [2.05, 4.69) is 23.4 Å². The van der Waals surface area contributed by atoms with Crippen molar-refractivity contribution in [3.63, 3.8) is 0 Å². The van der Waals surface area contributed by atoms with Crippen LogP contribution in [0.15, 0.2) is 36.4 Å². The molecule has 0 aliphatic heterocycles. The molecule has 0 heterocycles. The molecule has 27 heavy (non-hydrogen) atoms. The lowest BCUT2D eigenvalue weighted by molar-refractivity contribution is -0.114. The second-order valence-corrected chi connectivity index (χ2v) is 6.19. The van der Waals surface area contributed by atoms with Crippen LogP contribution in [0.25, 0.3) is 0 Å². The summed E-state index contributed by atoms with van der Waals surface area (Å²) in [6.45, 7) is 3.65. The van der Waals surface area contributed by atoms with Gasteiger partial charge in [0.15, 0.2) is 0 Å². The fraction of sp³-hybridized carbons (Fsp3) is 0.222. The normalized spacial score (nSPS) is 10.1. The van der Waals surface area contributed by atoms with E-state index in [1.54, 1.807) is 36.4 Å². The molecule has 0 spiro atoms. The highest BCUT2D eigenvalue weighted by atomic mass is 35.5. The molecule has 0 atom stereocenters. The molecular formula is C18H20ClN3O4S. The Bertz CT molecular complexity index is 830. The standard InChI is InChI=1S/C18H20ClN3O4S/c1-4-26-17-10-16(25-3)14(19)9-15(17)21-18(24)22(27)13-7-5-12(6-8-13)20-11(2)23/h5-10,27H,4H2,1-3H3,(H,20,23)(H,21,24). The largest absolute Gasteiger partial charge is 0.495 e. The van der Waals surface area contributed by atoms with Crippen molar-refractivity contribution in [1.82, 2.24) is 0 Å². The first-order chi connectivity index (χ1) is 12.8. The maximum atomic E-state index is 12.5. The Hall–Kier alpha value is -2.58. The third-order valence-corrected chi connectivity index (χ3v) is 4.13. The predicted molar refractivity (Wildman–Crippen MR) is 110 cm³/mol. The molecule has 0 bridgehead atoms. The molecule has 2 aromatic rings. The van der Waals surface area contributed by atoms with E-state index >= 15 is 0 Å². The minimum atomic E-state index is -0.507. The first-order valence-electron chi connectivity index (χ1n) is 8.03. The number of urea groups is 1. The van der Waals surface area contributed by atoms with Gasteiger partial charge in [0.2, 0.25) is 5.91 Å². The van der Waals surface area contributed by atoms with E-state index in [-0.39, 0.29) is 5.91 Å². The highest BCUT2D eigenvalue weighted by molar-refractivity contribution is 7.82. The maximum absolute atomic E-state index is 12.5. The fourth-order valence-corrected chi connectivity index (χ4v) is 2.66. The number of halogens is 1. The number of thiol groups is 1. The number of nitrogens with one attached hydrogen (secondary N) is 2. The van der Waals surface area contributed by atoms with Gasteiger partial charge in [-0.05, 0) is 37.3 Å². The molecule has 2 aromatic carbocycles. The summed E-state index contributed by atoms with van der Waals surface area (Å²) in [7, 11) is 1.50. The van der Waals surface area contributed by atoms with Crippen LogP contribution in [0.2, 0.25) is 5.02 Å². The topological polar surface area (TPSA) is 79.9 Å². The van der Waals surface area contributed by atoms with Crippen LogP contribution in [0.1, 0.15) is 13.8 Å². The summed E-state index contributed by atoms with van der Waals surface area (Å²) in [6.07, 6.45) is 0. The van der Waals surface area contributed by atoms with Crippen LogP contribution >= 0.6 is 24.4 Å². The molecule has 0 fully saturated rings. The molecule has 0 radical (unpaired) electrons. The maximum Gasteiger partial charge on any atom is 0.336 e. The SMILES string of the molecule is CCOc1cc(OC)c(Cl)cc1NC(=O)N(S)c1ccc(NC(C)=O)cc1. The number of benzene rings is 2. The Balaban J connectivity index is 2.18. The molecule has 2 N–H and O–H groups in total. The lowest BCUT2D eigenvalue weighted by Crippen LogP contribution is -2.27. The van der Waals surface area contributed by atoms with Gasteiger partial charge in [-0.1, -0.05) is 24.4 Å². The predicted octanol–water partition coefficient (Wildman–Crippen LogP) is 4.59. The Kier molecular flexibility index (Phi) is 7.20. The molecule has 144 valence electrons. The molecule has 0 saturated carbocycles. The van der Waals surface area contributed by atoms with E-state index in [1.807, 2.05) is 6.92 Å². The Morgan fingerprint density at radius 1 is 1.15 bits per heavy atom. The van der Waals surface area contributed by atoms with Crippen molar-refractivity contribution >= 4 is 53.4 Å². The summed E-state index contributed by atoms with van der Waals surface area (Å²) in [6, 6.07) is 9.29. The average Bonchev–Trinajstić information content (AvgIpc) is 2.63. The lowest BCUT2D eigenvalue weighted by atomic mass is 10.2. The lowest BCUT2D eigenvalue weighted by Gasteiger charge is -2.19. The number of hydrogen-bond acceptors (Lipinski definition) is 5. The summed E-state index contributed by atoms with van der Waals surface area (Å²) in [5, 5.41) is 5.70. The number of amides is 3. The van der Waals surface area contributed by atoms with E-state index in [0.29, 0.717) is 40.2 Å². The quantitative estimate of drug-likeness (QED) is 0.609. The third-order valence-electron chi connectivity index (χ3n) is 3.42. The molecule has 0 aromatic heterocycles. The van der Waals surface area contributed by atoms with Gasteiger partial charge < -0.3 is 20.1 Å². The second-order valence-electron chi connectivity index (χ2n) is 5.39. The van der Waals surface area contributed by atoms with Gasteiger partial charge in [0.25, 0.3) is 0 Å². The van der Waals surface area contributed by atoms with Crippen molar-refractivity contribution in [2.24, 2.45) is 0 Å². The summed E-state index contributed by atoms with van der Waals surface area (Å²) < 4.78 is 11.8. The molecule has 7 nitrogen and oxygen atoms in total. The summed E-state index contributed by atoms with van der Waals surface area (Å²) in [5.74, 6) is 0.687. The number of nitrogens with zero attached hydrogens (tertiary/aromatic N) is 1. The van der Waals surface area contributed by atoms with Crippen LogP contribution < -0.4 is 24.4 Å². The molecule has 0 aliphatic carbocycles. The third kappa shape index (κ3) is 5.45. The number of methoxy groups -OCH3 is 1. The molecule has 0 aliphatic rings. The number of carbonyl (C=O) groups is 2. The average molecular weight is 410 g/mol. The first-order valence-corrected chi connectivity index (χ1v) is 8.81. The van der Waals surface area contributed by atoms with Crippen molar-refractivity contribution in [1.29, 1.82) is 0 Å². The van der Waals surface area contributed by atoms with E-state index in [4.69, 9.17) is 21.1 Å². The highest BCUT2D eigenvalue weighted by Crippen LogP contribution is 2.36. The van der Waals surface area contributed by atoms with Crippen molar-refractivity contribution in [3.8, 4) is 11.5 Å². The summed E-state index contributed by atoms with van der Waals surface area (Å²) >= 11 is 10.4. The van der Waals surface area contributed by atoms with Crippen LogP contribution in [0.5, 0.6) is 11.5 Å². The van der Waals surface area contributed by atoms with Crippen LogP contribution in [-0.4, -0.2) is 25.7 Å². The van der Waals surface area contributed by atoms with Crippen LogP contribution in [-0.2, 0) is 4.79 Å². The minimum Gasteiger partial charge on any atom is -0.495 e. The highest BCUT2D eigenvalue weighted by Gasteiger charge is 2.17. The number of rotatable bonds is 6.